The lowest BCUT2D eigenvalue weighted by atomic mass is 9.55. The van der Waals surface area contributed by atoms with E-state index in [1.165, 1.54) is 0 Å². The van der Waals surface area contributed by atoms with Gasteiger partial charge in [-0.2, -0.15) is 0 Å². The number of amides is 1. The molecule has 1 saturated carbocycles. The number of carbonyl (C=O) groups is 1. The zero-order valence-electron chi connectivity index (χ0n) is 13.0. The van der Waals surface area contributed by atoms with Gasteiger partial charge in [-0.1, -0.05) is 19.1 Å². The summed E-state index contributed by atoms with van der Waals surface area (Å²) >= 11 is 0. The van der Waals surface area contributed by atoms with E-state index in [0.29, 0.717) is 13.0 Å². The van der Waals surface area contributed by atoms with Gasteiger partial charge in [-0.25, -0.2) is 0 Å². The third kappa shape index (κ3) is 2.32. The van der Waals surface area contributed by atoms with E-state index in [4.69, 9.17) is 4.74 Å². The van der Waals surface area contributed by atoms with Crippen molar-refractivity contribution in [1.29, 1.82) is 0 Å². The van der Waals surface area contributed by atoms with Crippen molar-refractivity contribution in [1.82, 2.24) is 19.9 Å². The Kier molecular flexibility index (Phi) is 3.86. The number of ether oxygens (including phenoxy) is 1. The van der Waals surface area contributed by atoms with Gasteiger partial charge in [-0.05, 0) is 13.3 Å². The van der Waals surface area contributed by atoms with Crippen molar-refractivity contribution in [2.45, 2.75) is 51.8 Å². The van der Waals surface area contributed by atoms with Crippen LogP contribution in [0.5, 0.6) is 0 Å². The molecule has 20 heavy (non-hydrogen) atoms. The SMILES string of the molecule is COC1(C)CC(N(C)C(=O)CCn2ccnn2)C1(C)C. The van der Waals surface area contributed by atoms with Gasteiger partial charge in [-0.3, -0.25) is 9.48 Å². The van der Waals surface area contributed by atoms with Crippen LogP contribution in [0.15, 0.2) is 12.4 Å². The van der Waals surface area contributed by atoms with Gasteiger partial charge in [0.05, 0.1) is 18.3 Å². The first kappa shape index (κ1) is 15.0. The van der Waals surface area contributed by atoms with Crippen LogP contribution in [0.4, 0.5) is 0 Å². The van der Waals surface area contributed by atoms with E-state index in [1.807, 2.05) is 11.9 Å². The predicted octanol–water partition coefficient (Wildman–Crippen LogP) is 1.33. The van der Waals surface area contributed by atoms with E-state index in [2.05, 4.69) is 31.1 Å². The molecular weight excluding hydrogens is 256 g/mol. The van der Waals surface area contributed by atoms with Crippen LogP contribution in [0.3, 0.4) is 0 Å². The second kappa shape index (κ2) is 5.16. The van der Waals surface area contributed by atoms with Crippen LogP contribution in [0.25, 0.3) is 0 Å². The fourth-order valence-electron chi connectivity index (χ4n) is 2.99. The molecule has 6 nitrogen and oxygen atoms in total. The highest BCUT2D eigenvalue weighted by molar-refractivity contribution is 5.76. The Bertz CT molecular complexity index is 472. The molecule has 0 N–H and O–H groups in total. The van der Waals surface area contributed by atoms with Gasteiger partial charge < -0.3 is 9.64 Å². The van der Waals surface area contributed by atoms with Crippen LogP contribution < -0.4 is 0 Å². The molecule has 2 unspecified atom stereocenters. The summed E-state index contributed by atoms with van der Waals surface area (Å²) in [6, 6.07) is 0.218. The fourth-order valence-corrected chi connectivity index (χ4v) is 2.99. The lowest BCUT2D eigenvalue weighted by molar-refractivity contribution is -0.207. The molecule has 1 aromatic heterocycles. The Balaban J connectivity index is 1.92. The average molecular weight is 280 g/mol. The van der Waals surface area contributed by atoms with Crippen molar-refractivity contribution in [2.75, 3.05) is 14.2 Å². The molecule has 1 aliphatic rings. The third-order valence-corrected chi connectivity index (χ3v) is 5.12. The maximum Gasteiger partial charge on any atom is 0.224 e. The van der Waals surface area contributed by atoms with Gasteiger partial charge in [0.15, 0.2) is 0 Å². The molecular formula is C14H24N4O2. The lowest BCUT2D eigenvalue weighted by Crippen LogP contribution is -2.68. The minimum Gasteiger partial charge on any atom is -0.378 e. The highest BCUT2D eigenvalue weighted by Crippen LogP contribution is 2.53. The van der Waals surface area contributed by atoms with E-state index < -0.39 is 0 Å². The van der Waals surface area contributed by atoms with Crippen molar-refractivity contribution in [2.24, 2.45) is 5.41 Å². The van der Waals surface area contributed by atoms with Gasteiger partial charge in [0.2, 0.25) is 5.91 Å². The van der Waals surface area contributed by atoms with Crippen molar-refractivity contribution in [3.63, 3.8) is 0 Å². The summed E-state index contributed by atoms with van der Waals surface area (Å²) in [5.74, 6) is 0.136. The zero-order valence-corrected chi connectivity index (χ0v) is 13.0. The van der Waals surface area contributed by atoms with Gasteiger partial charge >= 0.3 is 0 Å². The first-order chi connectivity index (χ1) is 9.32. The maximum atomic E-state index is 12.3. The molecule has 0 saturated heterocycles. The predicted molar refractivity (Wildman–Crippen MR) is 75.0 cm³/mol. The third-order valence-electron chi connectivity index (χ3n) is 5.12. The summed E-state index contributed by atoms with van der Waals surface area (Å²) in [4.78, 5) is 14.1. The maximum absolute atomic E-state index is 12.3. The molecule has 0 aromatic carbocycles. The quantitative estimate of drug-likeness (QED) is 0.816. The van der Waals surface area contributed by atoms with Crippen molar-refractivity contribution in [3.8, 4) is 0 Å². The molecule has 112 valence electrons. The molecule has 0 radical (unpaired) electrons. The Morgan fingerprint density at radius 2 is 2.20 bits per heavy atom. The number of nitrogens with zero attached hydrogens (tertiary/aromatic N) is 4. The van der Waals surface area contributed by atoms with Gasteiger partial charge in [0.25, 0.3) is 0 Å². The Labute approximate surface area is 120 Å². The van der Waals surface area contributed by atoms with E-state index >= 15 is 0 Å². The first-order valence-corrected chi connectivity index (χ1v) is 6.97. The number of hydrogen-bond acceptors (Lipinski definition) is 4. The number of methoxy groups -OCH3 is 1. The monoisotopic (exact) mass is 280 g/mol. The molecule has 0 spiro atoms. The van der Waals surface area contributed by atoms with Crippen LogP contribution in [-0.4, -0.2) is 51.6 Å². The van der Waals surface area contributed by atoms with Gasteiger partial charge in [-0.15, -0.1) is 5.10 Å². The molecule has 0 aliphatic heterocycles. The molecule has 1 heterocycles. The van der Waals surface area contributed by atoms with Crippen LogP contribution in [0, 0.1) is 5.41 Å². The first-order valence-electron chi connectivity index (χ1n) is 6.97. The fraction of sp³-hybridized carbons (Fsp3) is 0.786. The summed E-state index contributed by atoms with van der Waals surface area (Å²) in [6.45, 7) is 6.99. The highest BCUT2D eigenvalue weighted by atomic mass is 16.5. The molecule has 1 amide bonds. The Morgan fingerprint density at radius 1 is 1.50 bits per heavy atom. The topological polar surface area (TPSA) is 60.2 Å². The largest absolute Gasteiger partial charge is 0.378 e. The molecule has 0 bridgehead atoms. The number of aryl methyl sites for hydroxylation is 1. The van der Waals surface area contributed by atoms with E-state index in [9.17, 15) is 4.79 Å². The minimum atomic E-state index is -0.155. The van der Waals surface area contributed by atoms with Crippen LogP contribution >= 0.6 is 0 Å². The number of hydrogen-bond donors (Lipinski definition) is 0. The minimum absolute atomic E-state index is 0.0422. The van der Waals surface area contributed by atoms with Crippen molar-refractivity contribution >= 4 is 5.91 Å². The van der Waals surface area contributed by atoms with Crippen molar-refractivity contribution in [3.05, 3.63) is 12.4 Å². The van der Waals surface area contributed by atoms with E-state index in [1.54, 1.807) is 24.2 Å². The summed E-state index contributed by atoms with van der Waals surface area (Å²) in [5.41, 5.74) is -0.197. The summed E-state index contributed by atoms with van der Waals surface area (Å²) in [6.07, 6.45) is 4.70. The van der Waals surface area contributed by atoms with E-state index in [-0.39, 0.29) is 23.0 Å². The standard InChI is InChI=1S/C14H24N4O2/c1-13(2)11(10-14(13,3)20-5)17(4)12(19)6-8-18-9-7-15-16-18/h7,9,11H,6,8,10H2,1-5H3. The second-order valence-corrected chi connectivity index (χ2v) is 6.30. The van der Waals surface area contributed by atoms with Crippen LogP contribution in [-0.2, 0) is 16.1 Å². The molecule has 2 atom stereocenters. The van der Waals surface area contributed by atoms with E-state index in [0.717, 1.165) is 6.42 Å². The Morgan fingerprint density at radius 3 is 2.70 bits per heavy atom. The van der Waals surface area contributed by atoms with Crippen LogP contribution in [0.2, 0.25) is 0 Å². The average Bonchev–Trinajstić information content (AvgIpc) is 2.94. The smallest absolute Gasteiger partial charge is 0.224 e. The number of aromatic nitrogens is 3. The normalized spacial score (nSPS) is 27.9. The number of rotatable bonds is 5. The molecule has 1 aromatic rings. The van der Waals surface area contributed by atoms with Gasteiger partial charge in [0.1, 0.15) is 0 Å². The van der Waals surface area contributed by atoms with Crippen LogP contribution in [0.1, 0.15) is 33.6 Å². The summed E-state index contributed by atoms with van der Waals surface area (Å²) in [5, 5.41) is 7.60. The molecule has 1 aliphatic carbocycles. The van der Waals surface area contributed by atoms with Crippen molar-refractivity contribution < 1.29 is 9.53 Å². The lowest BCUT2D eigenvalue weighted by Gasteiger charge is -2.61. The number of carbonyl (C=O) groups excluding carboxylic acids is 1. The van der Waals surface area contributed by atoms with Gasteiger partial charge in [0, 0.05) is 38.2 Å². The summed E-state index contributed by atoms with van der Waals surface area (Å²) < 4.78 is 7.29. The molecule has 1 fully saturated rings. The second-order valence-electron chi connectivity index (χ2n) is 6.30. The molecule has 6 heteroatoms. The Hall–Kier alpha value is -1.43. The zero-order chi connectivity index (χ0) is 15.0. The molecule has 2 rings (SSSR count). The highest BCUT2D eigenvalue weighted by Gasteiger charge is 2.59. The summed E-state index contributed by atoms with van der Waals surface area (Å²) in [7, 11) is 3.62.